The van der Waals surface area contributed by atoms with Gasteiger partial charge in [-0.05, 0) is 30.3 Å². The average Bonchev–Trinajstić information content (AvgIpc) is 2.47. The number of carboxylic acid groups (broad SMARTS) is 1. The normalized spacial score (nSPS) is 9.67. The first-order valence-electron chi connectivity index (χ1n) is 5.81. The zero-order valence-electron chi connectivity index (χ0n) is 10.7. The topological polar surface area (TPSA) is 129 Å². The number of nitrogens with zero attached hydrogens (tertiary/aromatic N) is 2. The van der Waals surface area contributed by atoms with Crippen molar-refractivity contribution >= 4 is 23.3 Å². The molecule has 0 saturated heterocycles. The number of aromatic nitrogens is 1. The van der Waals surface area contributed by atoms with Crippen LogP contribution in [0.15, 0.2) is 36.5 Å². The first kappa shape index (κ1) is 14.0. The third kappa shape index (κ3) is 3.13. The highest BCUT2D eigenvalue weighted by Crippen LogP contribution is 2.20. The van der Waals surface area contributed by atoms with Crippen molar-refractivity contribution in [2.75, 3.05) is 11.1 Å². The van der Waals surface area contributed by atoms with Crippen molar-refractivity contribution in [1.29, 1.82) is 5.26 Å². The first-order valence-corrected chi connectivity index (χ1v) is 5.81. The van der Waals surface area contributed by atoms with E-state index in [-0.39, 0.29) is 16.9 Å². The second-order valence-corrected chi connectivity index (χ2v) is 4.11. The number of carboxylic acids is 1. The van der Waals surface area contributed by atoms with Crippen LogP contribution in [0.3, 0.4) is 0 Å². The van der Waals surface area contributed by atoms with Crippen LogP contribution < -0.4 is 11.1 Å². The van der Waals surface area contributed by atoms with E-state index in [2.05, 4.69) is 10.3 Å². The summed E-state index contributed by atoms with van der Waals surface area (Å²) in [6.45, 7) is 0. The van der Waals surface area contributed by atoms with Gasteiger partial charge in [0, 0.05) is 11.9 Å². The largest absolute Gasteiger partial charge is 0.478 e. The lowest BCUT2D eigenvalue weighted by Gasteiger charge is -2.09. The Hall–Kier alpha value is -3.40. The maximum absolute atomic E-state index is 12.0. The standard InChI is InChI=1S/C14H10N4O3/c15-6-8-1-4-11(17-7-8)13(19)18-12-5-9(16)2-3-10(12)14(20)21/h1-5,7H,16H2,(H,18,19)(H,20,21). The summed E-state index contributed by atoms with van der Waals surface area (Å²) >= 11 is 0. The Morgan fingerprint density at radius 1 is 1.29 bits per heavy atom. The molecule has 0 aliphatic carbocycles. The average molecular weight is 282 g/mol. The summed E-state index contributed by atoms with van der Waals surface area (Å²) in [5, 5.41) is 20.2. The molecule has 21 heavy (non-hydrogen) atoms. The van der Waals surface area contributed by atoms with Crippen LogP contribution in [-0.4, -0.2) is 22.0 Å². The number of rotatable bonds is 3. The number of anilines is 2. The van der Waals surface area contributed by atoms with E-state index in [1.54, 1.807) is 0 Å². The Labute approximate surface area is 119 Å². The molecule has 0 radical (unpaired) electrons. The number of nitriles is 1. The van der Waals surface area contributed by atoms with Gasteiger partial charge in [-0.3, -0.25) is 4.79 Å². The molecule has 0 fully saturated rings. The summed E-state index contributed by atoms with van der Waals surface area (Å²) in [4.78, 5) is 26.9. The lowest BCUT2D eigenvalue weighted by atomic mass is 10.1. The summed E-state index contributed by atoms with van der Waals surface area (Å²) in [5.41, 5.74) is 6.29. The molecule has 0 spiro atoms. The van der Waals surface area contributed by atoms with Crippen LogP contribution in [0.25, 0.3) is 0 Å². The Morgan fingerprint density at radius 3 is 2.62 bits per heavy atom. The van der Waals surface area contributed by atoms with Gasteiger partial charge in [0.05, 0.1) is 16.8 Å². The number of hydrogen-bond donors (Lipinski definition) is 3. The maximum Gasteiger partial charge on any atom is 0.337 e. The van der Waals surface area contributed by atoms with Crippen LogP contribution in [0.1, 0.15) is 26.4 Å². The number of nitrogens with two attached hydrogens (primary N) is 1. The summed E-state index contributed by atoms with van der Waals surface area (Å²) in [5.74, 6) is -1.77. The van der Waals surface area contributed by atoms with E-state index in [0.717, 1.165) is 0 Å². The Kier molecular flexibility index (Phi) is 3.81. The van der Waals surface area contributed by atoms with Crippen molar-refractivity contribution < 1.29 is 14.7 Å². The fourth-order valence-corrected chi connectivity index (χ4v) is 1.63. The van der Waals surface area contributed by atoms with Gasteiger partial charge in [-0.1, -0.05) is 0 Å². The van der Waals surface area contributed by atoms with Crippen LogP contribution in [0.4, 0.5) is 11.4 Å². The molecule has 1 heterocycles. The molecule has 0 atom stereocenters. The highest BCUT2D eigenvalue weighted by atomic mass is 16.4. The van der Waals surface area contributed by atoms with Crippen LogP contribution in [-0.2, 0) is 0 Å². The third-order valence-electron chi connectivity index (χ3n) is 2.65. The molecule has 104 valence electrons. The minimum atomic E-state index is -1.18. The highest BCUT2D eigenvalue weighted by molar-refractivity contribution is 6.07. The number of benzene rings is 1. The van der Waals surface area contributed by atoms with Crippen LogP contribution in [0.5, 0.6) is 0 Å². The van der Waals surface area contributed by atoms with Crippen molar-refractivity contribution in [1.82, 2.24) is 4.98 Å². The van der Waals surface area contributed by atoms with Gasteiger partial charge in [0.25, 0.3) is 5.91 Å². The lowest BCUT2D eigenvalue weighted by Crippen LogP contribution is -2.16. The van der Waals surface area contributed by atoms with Gasteiger partial charge in [-0.2, -0.15) is 5.26 Å². The van der Waals surface area contributed by atoms with Crippen molar-refractivity contribution in [2.24, 2.45) is 0 Å². The van der Waals surface area contributed by atoms with E-state index in [9.17, 15) is 9.59 Å². The number of carbonyl (C=O) groups is 2. The van der Waals surface area contributed by atoms with E-state index in [0.29, 0.717) is 11.3 Å². The van der Waals surface area contributed by atoms with Crippen LogP contribution >= 0.6 is 0 Å². The molecule has 0 aliphatic heterocycles. The first-order chi connectivity index (χ1) is 10.0. The number of nitrogens with one attached hydrogen (secondary N) is 1. The quantitative estimate of drug-likeness (QED) is 0.731. The molecule has 2 rings (SSSR count). The van der Waals surface area contributed by atoms with E-state index < -0.39 is 11.9 Å². The second-order valence-electron chi connectivity index (χ2n) is 4.11. The maximum atomic E-state index is 12.0. The number of amides is 1. The number of pyridine rings is 1. The number of carbonyl (C=O) groups excluding carboxylic acids is 1. The summed E-state index contributed by atoms with van der Waals surface area (Å²) < 4.78 is 0. The minimum absolute atomic E-state index is 0.0627. The van der Waals surface area contributed by atoms with Gasteiger partial charge in [0.2, 0.25) is 0 Å². The summed E-state index contributed by atoms with van der Waals surface area (Å²) in [6.07, 6.45) is 1.26. The molecular formula is C14H10N4O3. The minimum Gasteiger partial charge on any atom is -0.478 e. The van der Waals surface area contributed by atoms with E-state index in [1.165, 1.54) is 36.5 Å². The monoisotopic (exact) mass is 282 g/mol. The van der Waals surface area contributed by atoms with E-state index >= 15 is 0 Å². The van der Waals surface area contributed by atoms with Crippen molar-refractivity contribution in [3.8, 4) is 6.07 Å². The molecule has 1 amide bonds. The van der Waals surface area contributed by atoms with Gasteiger partial charge in [0.15, 0.2) is 0 Å². The third-order valence-corrected chi connectivity index (χ3v) is 2.65. The van der Waals surface area contributed by atoms with Crippen molar-refractivity contribution in [2.45, 2.75) is 0 Å². The molecule has 0 unspecified atom stereocenters. The smallest absolute Gasteiger partial charge is 0.337 e. The van der Waals surface area contributed by atoms with Gasteiger partial charge < -0.3 is 16.2 Å². The zero-order chi connectivity index (χ0) is 15.4. The number of nitrogen functional groups attached to an aromatic ring is 1. The fourth-order valence-electron chi connectivity index (χ4n) is 1.63. The number of hydrogen-bond acceptors (Lipinski definition) is 5. The SMILES string of the molecule is N#Cc1ccc(C(=O)Nc2cc(N)ccc2C(=O)O)nc1. The van der Waals surface area contributed by atoms with Gasteiger partial charge in [-0.25, -0.2) is 9.78 Å². The van der Waals surface area contributed by atoms with Crippen molar-refractivity contribution in [3.63, 3.8) is 0 Å². The van der Waals surface area contributed by atoms with E-state index in [4.69, 9.17) is 16.1 Å². The summed E-state index contributed by atoms with van der Waals surface area (Å²) in [7, 11) is 0. The molecular weight excluding hydrogens is 272 g/mol. The molecule has 0 aliphatic rings. The molecule has 0 bridgehead atoms. The Bertz CT molecular complexity index is 748. The molecule has 7 nitrogen and oxygen atoms in total. The van der Waals surface area contributed by atoms with Crippen LogP contribution in [0, 0.1) is 11.3 Å². The summed E-state index contributed by atoms with van der Waals surface area (Å²) in [6, 6.07) is 8.79. The Balaban J connectivity index is 2.28. The predicted octanol–water partition coefficient (Wildman–Crippen LogP) is 1.49. The Morgan fingerprint density at radius 2 is 2.05 bits per heavy atom. The predicted molar refractivity (Wildman–Crippen MR) is 74.7 cm³/mol. The van der Waals surface area contributed by atoms with Crippen molar-refractivity contribution in [3.05, 3.63) is 53.3 Å². The fraction of sp³-hybridized carbons (Fsp3) is 0. The highest BCUT2D eigenvalue weighted by Gasteiger charge is 2.14. The van der Waals surface area contributed by atoms with Crippen LogP contribution in [0.2, 0.25) is 0 Å². The number of aromatic carboxylic acids is 1. The molecule has 4 N–H and O–H groups in total. The van der Waals surface area contributed by atoms with Gasteiger partial charge >= 0.3 is 5.97 Å². The van der Waals surface area contributed by atoms with E-state index in [1.807, 2.05) is 6.07 Å². The van der Waals surface area contributed by atoms with Gasteiger partial charge in [0.1, 0.15) is 11.8 Å². The zero-order valence-corrected chi connectivity index (χ0v) is 10.7. The van der Waals surface area contributed by atoms with Gasteiger partial charge in [-0.15, -0.1) is 0 Å². The molecule has 1 aromatic carbocycles. The molecule has 0 saturated carbocycles. The molecule has 7 heteroatoms. The lowest BCUT2D eigenvalue weighted by molar-refractivity contribution is 0.0698. The molecule has 1 aromatic heterocycles. The molecule has 2 aromatic rings. The second kappa shape index (κ2) is 5.71.